The maximum atomic E-state index is 12.1. The van der Waals surface area contributed by atoms with E-state index in [2.05, 4.69) is 11.9 Å². The number of aromatic amines is 1. The van der Waals surface area contributed by atoms with Crippen LogP contribution in [-0.4, -0.2) is 24.6 Å². The SMILES string of the molecule is CCC1CN(N)c2ccc3[nH]c(C)c(C(=O)OC)c3c21. The molecule has 0 aliphatic carbocycles. The van der Waals surface area contributed by atoms with Crippen LogP contribution < -0.4 is 10.9 Å². The fraction of sp³-hybridized carbons (Fsp3) is 0.400. The molecule has 0 radical (unpaired) electrons. The van der Waals surface area contributed by atoms with Crippen LogP contribution in [0, 0.1) is 6.92 Å². The van der Waals surface area contributed by atoms with Gasteiger partial charge in [-0.3, -0.25) is 0 Å². The van der Waals surface area contributed by atoms with Crippen molar-refractivity contribution in [3.63, 3.8) is 0 Å². The number of fused-ring (bicyclic) bond motifs is 3. The summed E-state index contributed by atoms with van der Waals surface area (Å²) in [6.07, 6.45) is 0.991. The summed E-state index contributed by atoms with van der Waals surface area (Å²) in [5.41, 5.74) is 4.61. The highest BCUT2D eigenvalue weighted by atomic mass is 16.5. The molecule has 1 aliphatic rings. The zero-order valence-corrected chi connectivity index (χ0v) is 12.0. The second kappa shape index (κ2) is 4.52. The van der Waals surface area contributed by atoms with E-state index in [1.54, 1.807) is 5.01 Å². The fourth-order valence-corrected chi connectivity index (χ4v) is 3.22. The molecular weight excluding hydrogens is 254 g/mol. The van der Waals surface area contributed by atoms with Gasteiger partial charge in [-0.15, -0.1) is 0 Å². The Hall–Kier alpha value is -2.01. The van der Waals surface area contributed by atoms with Crippen molar-refractivity contribution in [1.29, 1.82) is 0 Å². The van der Waals surface area contributed by atoms with Crippen LogP contribution in [0.5, 0.6) is 0 Å². The van der Waals surface area contributed by atoms with Crippen molar-refractivity contribution < 1.29 is 9.53 Å². The number of carbonyl (C=O) groups excluding carboxylic acids is 1. The Bertz CT molecular complexity index is 690. The molecule has 1 aromatic carbocycles. The number of esters is 1. The van der Waals surface area contributed by atoms with Gasteiger partial charge in [0.2, 0.25) is 0 Å². The summed E-state index contributed by atoms with van der Waals surface area (Å²) in [7, 11) is 1.41. The number of hydrogen-bond acceptors (Lipinski definition) is 4. The molecule has 0 amide bonds. The molecule has 1 unspecified atom stereocenters. The number of nitrogens with two attached hydrogens (primary N) is 1. The molecule has 0 spiro atoms. The molecule has 3 rings (SSSR count). The van der Waals surface area contributed by atoms with Crippen molar-refractivity contribution in [3.8, 4) is 0 Å². The highest BCUT2D eigenvalue weighted by molar-refractivity contribution is 6.08. The fourth-order valence-electron chi connectivity index (χ4n) is 3.22. The maximum absolute atomic E-state index is 12.1. The Labute approximate surface area is 117 Å². The van der Waals surface area contributed by atoms with E-state index in [1.165, 1.54) is 7.11 Å². The molecule has 1 aromatic heterocycles. The van der Waals surface area contributed by atoms with Crippen LogP contribution in [-0.2, 0) is 4.74 Å². The summed E-state index contributed by atoms with van der Waals surface area (Å²) in [6, 6.07) is 4.00. The molecule has 20 heavy (non-hydrogen) atoms. The summed E-state index contributed by atoms with van der Waals surface area (Å²) < 4.78 is 4.94. The van der Waals surface area contributed by atoms with Gasteiger partial charge in [0, 0.05) is 29.1 Å². The monoisotopic (exact) mass is 273 g/mol. The van der Waals surface area contributed by atoms with Gasteiger partial charge in [0.15, 0.2) is 0 Å². The van der Waals surface area contributed by atoms with E-state index in [0.29, 0.717) is 11.5 Å². The number of nitrogens with zero attached hydrogens (tertiary/aromatic N) is 1. The lowest BCUT2D eigenvalue weighted by Gasteiger charge is -2.11. The number of ether oxygens (including phenoxy) is 1. The predicted molar refractivity (Wildman–Crippen MR) is 78.9 cm³/mol. The molecule has 1 aliphatic heterocycles. The van der Waals surface area contributed by atoms with Gasteiger partial charge in [0.05, 0.1) is 18.4 Å². The standard InChI is InChI=1S/C15H19N3O2/c1-4-9-7-18(16)11-6-5-10-14(13(9)11)12(8(2)17-10)15(19)20-3/h5-6,9,17H,4,7,16H2,1-3H3. The number of aryl methyl sites for hydroxylation is 1. The zero-order chi connectivity index (χ0) is 14.4. The first-order valence-electron chi connectivity index (χ1n) is 6.84. The first kappa shape index (κ1) is 13.0. The van der Waals surface area contributed by atoms with Crippen LogP contribution in [0.1, 0.15) is 40.9 Å². The molecule has 0 fully saturated rings. The normalized spacial score (nSPS) is 17.6. The van der Waals surface area contributed by atoms with Gasteiger partial charge in [0.25, 0.3) is 0 Å². The number of H-pyrrole nitrogens is 1. The van der Waals surface area contributed by atoms with Gasteiger partial charge in [-0.2, -0.15) is 0 Å². The summed E-state index contributed by atoms with van der Waals surface area (Å²) in [6.45, 7) is 4.83. The van der Waals surface area contributed by atoms with Crippen LogP contribution >= 0.6 is 0 Å². The lowest BCUT2D eigenvalue weighted by molar-refractivity contribution is 0.0602. The lowest BCUT2D eigenvalue weighted by Crippen LogP contribution is -2.29. The van der Waals surface area contributed by atoms with Crippen molar-refractivity contribution in [1.82, 2.24) is 4.98 Å². The number of anilines is 1. The maximum Gasteiger partial charge on any atom is 0.340 e. The van der Waals surface area contributed by atoms with Crippen LogP contribution in [0.15, 0.2) is 12.1 Å². The van der Waals surface area contributed by atoms with Crippen molar-refractivity contribution in [3.05, 3.63) is 29.0 Å². The number of methoxy groups -OCH3 is 1. The van der Waals surface area contributed by atoms with Gasteiger partial charge in [-0.25, -0.2) is 10.6 Å². The highest BCUT2D eigenvalue weighted by Gasteiger charge is 2.31. The second-order valence-electron chi connectivity index (χ2n) is 5.30. The van der Waals surface area contributed by atoms with E-state index in [9.17, 15) is 4.79 Å². The van der Waals surface area contributed by atoms with Gasteiger partial charge in [0.1, 0.15) is 0 Å². The van der Waals surface area contributed by atoms with E-state index in [0.717, 1.165) is 40.8 Å². The van der Waals surface area contributed by atoms with Gasteiger partial charge in [-0.05, 0) is 31.0 Å². The summed E-state index contributed by atoms with van der Waals surface area (Å²) in [5.74, 6) is 6.12. The quantitative estimate of drug-likeness (QED) is 0.651. The first-order valence-corrected chi connectivity index (χ1v) is 6.84. The number of hydrogen-bond donors (Lipinski definition) is 2. The number of benzene rings is 1. The summed E-state index contributed by atoms with van der Waals surface area (Å²) >= 11 is 0. The summed E-state index contributed by atoms with van der Waals surface area (Å²) in [5, 5.41) is 2.73. The number of hydrazine groups is 1. The van der Waals surface area contributed by atoms with Crippen LogP contribution in [0.4, 0.5) is 5.69 Å². The summed E-state index contributed by atoms with van der Waals surface area (Å²) in [4.78, 5) is 15.4. The van der Waals surface area contributed by atoms with Gasteiger partial charge >= 0.3 is 5.97 Å². The third-order valence-corrected chi connectivity index (χ3v) is 4.19. The largest absolute Gasteiger partial charge is 0.465 e. The molecule has 106 valence electrons. The van der Waals surface area contributed by atoms with E-state index in [1.807, 2.05) is 19.1 Å². The molecule has 1 atom stereocenters. The van der Waals surface area contributed by atoms with Gasteiger partial charge in [-0.1, -0.05) is 6.92 Å². The van der Waals surface area contributed by atoms with Crippen molar-refractivity contribution >= 4 is 22.6 Å². The molecule has 0 saturated heterocycles. The third-order valence-electron chi connectivity index (χ3n) is 4.19. The average Bonchev–Trinajstić information content (AvgIpc) is 2.94. The van der Waals surface area contributed by atoms with E-state index in [4.69, 9.17) is 10.6 Å². The molecular formula is C15H19N3O2. The molecule has 2 aromatic rings. The van der Waals surface area contributed by atoms with E-state index < -0.39 is 0 Å². The van der Waals surface area contributed by atoms with Gasteiger partial charge < -0.3 is 14.7 Å². The van der Waals surface area contributed by atoms with Crippen LogP contribution in [0.3, 0.4) is 0 Å². The highest BCUT2D eigenvalue weighted by Crippen LogP contribution is 2.43. The lowest BCUT2D eigenvalue weighted by atomic mass is 9.93. The van der Waals surface area contributed by atoms with Crippen molar-refractivity contribution in [2.75, 3.05) is 18.7 Å². The molecule has 5 heteroatoms. The Morgan fingerprint density at radius 1 is 1.55 bits per heavy atom. The zero-order valence-electron chi connectivity index (χ0n) is 12.0. The number of aromatic nitrogens is 1. The Balaban J connectivity index is 2.37. The number of nitrogens with one attached hydrogen (secondary N) is 1. The second-order valence-corrected chi connectivity index (χ2v) is 5.30. The van der Waals surface area contributed by atoms with Crippen LogP contribution in [0.2, 0.25) is 0 Å². The Morgan fingerprint density at radius 3 is 2.95 bits per heavy atom. The van der Waals surface area contributed by atoms with E-state index >= 15 is 0 Å². The number of rotatable bonds is 2. The topological polar surface area (TPSA) is 71.3 Å². The van der Waals surface area contributed by atoms with E-state index in [-0.39, 0.29) is 5.97 Å². The molecule has 0 bridgehead atoms. The Morgan fingerprint density at radius 2 is 2.30 bits per heavy atom. The minimum absolute atomic E-state index is 0.299. The third kappa shape index (κ3) is 1.63. The smallest absolute Gasteiger partial charge is 0.340 e. The average molecular weight is 273 g/mol. The molecule has 2 heterocycles. The minimum Gasteiger partial charge on any atom is -0.465 e. The molecule has 0 saturated carbocycles. The number of carbonyl (C=O) groups is 1. The van der Waals surface area contributed by atoms with Crippen molar-refractivity contribution in [2.45, 2.75) is 26.2 Å². The first-order chi connectivity index (χ1) is 9.58. The predicted octanol–water partition coefficient (Wildman–Crippen LogP) is 2.45. The van der Waals surface area contributed by atoms with Crippen LogP contribution in [0.25, 0.3) is 10.9 Å². The minimum atomic E-state index is -0.299. The Kier molecular flexibility index (Phi) is 2.94. The molecule has 5 nitrogen and oxygen atoms in total. The van der Waals surface area contributed by atoms with Crippen molar-refractivity contribution in [2.24, 2.45) is 5.84 Å². The molecule has 3 N–H and O–H groups in total.